The molecule has 0 saturated heterocycles. The van der Waals surface area contributed by atoms with Gasteiger partial charge in [-0.15, -0.1) is 0 Å². The summed E-state index contributed by atoms with van der Waals surface area (Å²) >= 11 is 0. The van der Waals surface area contributed by atoms with Gasteiger partial charge in [-0.25, -0.2) is 9.97 Å². The largest absolute Gasteiger partial charge is 0.396 e. The molecule has 0 aliphatic rings. The van der Waals surface area contributed by atoms with Gasteiger partial charge in [-0.3, -0.25) is 0 Å². The van der Waals surface area contributed by atoms with Crippen LogP contribution in [0.1, 0.15) is 33.6 Å². The van der Waals surface area contributed by atoms with Crippen LogP contribution in [0.2, 0.25) is 0 Å². The smallest absolute Gasteiger partial charge is 0.132 e. The predicted molar refractivity (Wildman–Crippen MR) is 74.6 cm³/mol. The first-order valence-corrected chi connectivity index (χ1v) is 6.11. The van der Waals surface area contributed by atoms with Crippen molar-refractivity contribution in [3.63, 3.8) is 0 Å². The molecule has 0 unspecified atom stereocenters. The Balaban J connectivity index is 2.42. The molecular weight excluding hydrogens is 222 g/mol. The van der Waals surface area contributed by atoms with E-state index in [9.17, 15) is 0 Å². The molecule has 2 aromatic rings. The van der Waals surface area contributed by atoms with E-state index in [4.69, 9.17) is 5.73 Å². The molecule has 3 nitrogen and oxygen atoms in total. The molecule has 1 aromatic carbocycles. The van der Waals surface area contributed by atoms with Gasteiger partial charge in [-0.05, 0) is 55.5 Å². The Labute approximate surface area is 108 Å². The summed E-state index contributed by atoms with van der Waals surface area (Å²) in [6.07, 6.45) is 4.09. The average Bonchev–Trinajstić information content (AvgIpc) is 2.34. The number of aryl methyl sites for hydroxylation is 2. The molecule has 0 saturated carbocycles. The molecule has 2 N–H and O–H groups in total. The van der Waals surface area contributed by atoms with E-state index in [2.05, 4.69) is 43.7 Å². The van der Waals surface area contributed by atoms with Crippen LogP contribution in [0.3, 0.4) is 0 Å². The number of anilines is 1. The molecule has 0 fully saturated rings. The molecule has 0 aliphatic carbocycles. The van der Waals surface area contributed by atoms with Gasteiger partial charge < -0.3 is 5.73 Å². The number of benzene rings is 1. The summed E-state index contributed by atoms with van der Waals surface area (Å²) < 4.78 is 0. The van der Waals surface area contributed by atoms with Gasteiger partial charge in [-0.2, -0.15) is 0 Å². The lowest BCUT2D eigenvalue weighted by atomic mass is 9.92. The maximum atomic E-state index is 5.60. The minimum atomic E-state index is 0.604. The summed E-state index contributed by atoms with van der Waals surface area (Å²) in [7, 11) is 0. The fourth-order valence-electron chi connectivity index (χ4n) is 2.18. The number of hydrogen-bond donors (Lipinski definition) is 1. The Hall–Kier alpha value is -1.90. The Morgan fingerprint density at radius 1 is 0.944 bits per heavy atom. The van der Waals surface area contributed by atoms with Crippen molar-refractivity contribution in [3.05, 3.63) is 52.1 Å². The number of nitrogens with two attached hydrogens (primary N) is 1. The minimum absolute atomic E-state index is 0.604. The van der Waals surface area contributed by atoms with E-state index in [-0.39, 0.29) is 0 Å². The zero-order chi connectivity index (χ0) is 13.3. The second-order valence-corrected chi connectivity index (χ2v) is 4.85. The van der Waals surface area contributed by atoms with E-state index < -0.39 is 0 Å². The fourth-order valence-corrected chi connectivity index (χ4v) is 2.18. The molecule has 0 amide bonds. The monoisotopic (exact) mass is 241 g/mol. The van der Waals surface area contributed by atoms with Gasteiger partial charge >= 0.3 is 0 Å². The van der Waals surface area contributed by atoms with E-state index in [1.54, 1.807) is 12.4 Å². The van der Waals surface area contributed by atoms with E-state index in [0.717, 1.165) is 12.2 Å². The van der Waals surface area contributed by atoms with Crippen LogP contribution in [-0.4, -0.2) is 9.97 Å². The third-order valence-corrected chi connectivity index (χ3v) is 3.58. The Morgan fingerprint density at radius 2 is 1.44 bits per heavy atom. The summed E-state index contributed by atoms with van der Waals surface area (Å²) in [5.41, 5.74) is 12.8. The van der Waals surface area contributed by atoms with Crippen molar-refractivity contribution in [2.24, 2.45) is 0 Å². The zero-order valence-corrected chi connectivity index (χ0v) is 11.4. The molecule has 0 bridgehead atoms. The van der Waals surface area contributed by atoms with Crippen LogP contribution in [0.4, 0.5) is 5.69 Å². The van der Waals surface area contributed by atoms with Crippen molar-refractivity contribution in [1.29, 1.82) is 0 Å². The highest BCUT2D eigenvalue weighted by molar-refractivity contribution is 5.45. The molecule has 18 heavy (non-hydrogen) atoms. The van der Waals surface area contributed by atoms with Crippen molar-refractivity contribution in [3.8, 4) is 0 Å². The maximum absolute atomic E-state index is 5.60. The number of rotatable bonds is 2. The van der Waals surface area contributed by atoms with E-state index in [1.165, 1.54) is 27.8 Å². The lowest BCUT2D eigenvalue weighted by Gasteiger charge is -2.14. The second-order valence-electron chi connectivity index (χ2n) is 4.85. The summed E-state index contributed by atoms with van der Waals surface area (Å²) in [6, 6.07) is 2.23. The molecule has 0 spiro atoms. The number of nitrogens with zero attached hydrogens (tertiary/aromatic N) is 2. The summed E-state index contributed by atoms with van der Waals surface area (Å²) in [5.74, 6) is 0.820. The second kappa shape index (κ2) is 4.77. The van der Waals surface area contributed by atoms with Crippen LogP contribution in [0.25, 0.3) is 0 Å². The fraction of sp³-hybridized carbons (Fsp3) is 0.333. The molecule has 0 aliphatic heterocycles. The Bertz CT molecular complexity index is 545. The first kappa shape index (κ1) is 12.6. The molecule has 0 atom stereocenters. The van der Waals surface area contributed by atoms with Crippen LogP contribution in [-0.2, 0) is 6.42 Å². The third kappa shape index (κ3) is 2.35. The van der Waals surface area contributed by atoms with Crippen LogP contribution in [0, 0.1) is 27.7 Å². The predicted octanol–water partition coefficient (Wildman–Crippen LogP) is 2.88. The van der Waals surface area contributed by atoms with Gasteiger partial charge in [0, 0.05) is 6.42 Å². The van der Waals surface area contributed by atoms with E-state index in [1.807, 2.05) is 0 Å². The molecule has 3 heteroatoms. The van der Waals surface area contributed by atoms with Gasteiger partial charge in [0.25, 0.3) is 0 Å². The molecular formula is C15H19N3. The molecule has 2 rings (SSSR count). The number of hydrogen-bond acceptors (Lipinski definition) is 3. The standard InChI is InChI=1S/C15H19N3/c1-9-5-10(2)12(4)14(11(9)3)6-15-17-7-13(16)8-18-15/h5,7-8H,6,16H2,1-4H3. The molecule has 1 heterocycles. The first-order chi connectivity index (χ1) is 8.49. The Kier molecular flexibility index (Phi) is 3.32. The van der Waals surface area contributed by atoms with Crippen LogP contribution in [0.5, 0.6) is 0 Å². The van der Waals surface area contributed by atoms with Crippen LogP contribution < -0.4 is 5.73 Å². The zero-order valence-electron chi connectivity index (χ0n) is 11.4. The van der Waals surface area contributed by atoms with Gasteiger partial charge in [0.1, 0.15) is 5.82 Å². The summed E-state index contributed by atoms with van der Waals surface area (Å²) in [6.45, 7) is 8.62. The van der Waals surface area contributed by atoms with Crippen molar-refractivity contribution >= 4 is 5.69 Å². The van der Waals surface area contributed by atoms with Gasteiger partial charge in [0.05, 0.1) is 18.1 Å². The van der Waals surface area contributed by atoms with Crippen molar-refractivity contribution in [2.45, 2.75) is 34.1 Å². The average molecular weight is 241 g/mol. The Morgan fingerprint density at radius 3 is 1.94 bits per heavy atom. The molecule has 0 radical (unpaired) electrons. The summed E-state index contributed by atoms with van der Waals surface area (Å²) in [4.78, 5) is 8.56. The highest BCUT2D eigenvalue weighted by atomic mass is 14.9. The number of aromatic nitrogens is 2. The summed E-state index contributed by atoms with van der Waals surface area (Å²) in [5, 5.41) is 0. The SMILES string of the molecule is Cc1cc(C)c(C)c(Cc2ncc(N)cn2)c1C. The van der Waals surface area contributed by atoms with Crippen molar-refractivity contribution in [2.75, 3.05) is 5.73 Å². The van der Waals surface area contributed by atoms with Gasteiger partial charge in [-0.1, -0.05) is 6.07 Å². The molecule has 94 valence electrons. The lowest BCUT2D eigenvalue weighted by molar-refractivity contribution is 0.948. The van der Waals surface area contributed by atoms with Crippen molar-refractivity contribution < 1.29 is 0 Å². The van der Waals surface area contributed by atoms with Gasteiger partial charge in [0.2, 0.25) is 0 Å². The normalized spacial score (nSPS) is 10.7. The third-order valence-electron chi connectivity index (χ3n) is 3.58. The number of nitrogen functional groups attached to an aromatic ring is 1. The highest BCUT2D eigenvalue weighted by Crippen LogP contribution is 2.23. The molecule has 1 aromatic heterocycles. The first-order valence-electron chi connectivity index (χ1n) is 6.11. The minimum Gasteiger partial charge on any atom is -0.396 e. The quantitative estimate of drug-likeness (QED) is 0.879. The van der Waals surface area contributed by atoms with Gasteiger partial charge in [0.15, 0.2) is 0 Å². The van der Waals surface area contributed by atoms with Crippen molar-refractivity contribution in [1.82, 2.24) is 9.97 Å². The van der Waals surface area contributed by atoms with E-state index in [0.29, 0.717) is 5.69 Å². The van der Waals surface area contributed by atoms with E-state index >= 15 is 0 Å². The van der Waals surface area contributed by atoms with Crippen LogP contribution >= 0.6 is 0 Å². The van der Waals surface area contributed by atoms with Crippen LogP contribution in [0.15, 0.2) is 18.5 Å². The highest BCUT2D eigenvalue weighted by Gasteiger charge is 2.10. The topological polar surface area (TPSA) is 51.8 Å². The maximum Gasteiger partial charge on any atom is 0.132 e. The lowest BCUT2D eigenvalue weighted by Crippen LogP contribution is -2.04.